The molecule has 0 saturated heterocycles. The number of anilines is 1. The number of hydrogen-bond acceptors (Lipinski definition) is 2. The van der Waals surface area contributed by atoms with Gasteiger partial charge >= 0.3 is 6.03 Å². The maximum atomic E-state index is 12.9. The normalized spacial score (nSPS) is 11.5. The van der Waals surface area contributed by atoms with E-state index in [9.17, 15) is 14.0 Å². The van der Waals surface area contributed by atoms with Gasteiger partial charge in [-0.2, -0.15) is 0 Å². The molecule has 0 aliphatic rings. The molecule has 0 aliphatic carbocycles. The van der Waals surface area contributed by atoms with E-state index >= 15 is 0 Å². The Morgan fingerprint density at radius 2 is 1.82 bits per heavy atom. The minimum atomic E-state index is -0.697. The Kier molecular flexibility index (Phi) is 4.73. The lowest BCUT2D eigenvalue weighted by atomic mass is 10.1. The lowest BCUT2D eigenvalue weighted by Gasteiger charge is -2.15. The van der Waals surface area contributed by atoms with E-state index in [2.05, 4.69) is 10.6 Å². The summed E-state index contributed by atoms with van der Waals surface area (Å²) in [4.78, 5) is 23.0. The molecule has 0 bridgehead atoms. The summed E-state index contributed by atoms with van der Waals surface area (Å²) in [6.07, 6.45) is 0. The number of halogens is 1. The largest absolute Gasteiger partial charge is 0.351 e. The Bertz CT molecular complexity index is 686. The standard InChI is InChI=1S/C16H16FN3O2/c1-10(11-5-7-13(17)8-6-11)19-15(21)12-3-2-4-14(9-12)20-16(18)22/h2-10H,1H3,(H,19,21)(H3,18,20,22)/t10-/m0/s1. The number of benzene rings is 2. The van der Waals surface area contributed by atoms with Crippen LogP contribution in [0.5, 0.6) is 0 Å². The molecule has 2 rings (SSSR count). The minimum absolute atomic E-state index is 0.277. The van der Waals surface area contributed by atoms with Gasteiger partial charge in [0.05, 0.1) is 6.04 Å². The van der Waals surface area contributed by atoms with Crippen LogP contribution in [0.25, 0.3) is 0 Å². The van der Waals surface area contributed by atoms with Gasteiger partial charge in [-0.3, -0.25) is 4.79 Å². The van der Waals surface area contributed by atoms with E-state index in [1.54, 1.807) is 37.3 Å². The van der Waals surface area contributed by atoms with Gasteiger partial charge in [-0.1, -0.05) is 18.2 Å². The molecule has 5 nitrogen and oxygen atoms in total. The van der Waals surface area contributed by atoms with Crippen molar-refractivity contribution in [2.45, 2.75) is 13.0 Å². The topological polar surface area (TPSA) is 84.2 Å². The fraction of sp³-hybridized carbons (Fsp3) is 0.125. The summed E-state index contributed by atoms with van der Waals surface area (Å²) in [5, 5.41) is 5.22. The van der Waals surface area contributed by atoms with Crippen molar-refractivity contribution in [3.8, 4) is 0 Å². The molecule has 0 saturated carbocycles. The number of carbonyl (C=O) groups excluding carboxylic acids is 2. The predicted molar refractivity (Wildman–Crippen MR) is 81.9 cm³/mol. The van der Waals surface area contributed by atoms with Gasteiger partial charge in [0.2, 0.25) is 0 Å². The number of carbonyl (C=O) groups is 2. The van der Waals surface area contributed by atoms with Crippen LogP contribution < -0.4 is 16.4 Å². The van der Waals surface area contributed by atoms with Crippen LogP contribution in [-0.2, 0) is 0 Å². The summed E-state index contributed by atoms with van der Waals surface area (Å²) in [6.45, 7) is 1.80. The maximum Gasteiger partial charge on any atom is 0.316 e. The van der Waals surface area contributed by atoms with E-state index in [-0.39, 0.29) is 17.8 Å². The Labute approximate surface area is 127 Å². The first kappa shape index (κ1) is 15.5. The third-order valence-corrected chi connectivity index (χ3v) is 3.11. The zero-order valence-electron chi connectivity index (χ0n) is 12.0. The zero-order valence-corrected chi connectivity index (χ0v) is 12.0. The summed E-state index contributed by atoms with van der Waals surface area (Å²) in [7, 11) is 0. The van der Waals surface area contributed by atoms with Crippen LogP contribution in [0.4, 0.5) is 14.9 Å². The fourth-order valence-electron chi connectivity index (χ4n) is 2.00. The fourth-order valence-corrected chi connectivity index (χ4v) is 2.00. The highest BCUT2D eigenvalue weighted by atomic mass is 19.1. The summed E-state index contributed by atoms with van der Waals surface area (Å²) < 4.78 is 12.9. The zero-order chi connectivity index (χ0) is 16.1. The molecular weight excluding hydrogens is 285 g/mol. The van der Waals surface area contributed by atoms with Crippen molar-refractivity contribution < 1.29 is 14.0 Å². The molecule has 4 N–H and O–H groups in total. The molecule has 6 heteroatoms. The smallest absolute Gasteiger partial charge is 0.316 e. The Morgan fingerprint density at radius 1 is 1.14 bits per heavy atom. The third-order valence-electron chi connectivity index (χ3n) is 3.11. The van der Waals surface area contributed by atoms with Gasteiger partial charge in [-0.15, -0.1) is 0 Å². The number of rotatable bonds is 4. The van der Waals surface area contributed by atoms with E-state index in [1.807, 2.05) is 0 Å². The number of hydrogen-bond donors (Lipinski definition) is 3. The van der Waals surface area contributed by atoms with E-state index in [1.165, 1.54) is 18.2 Å². The Balaban J connectivity index is 2.08. The van der Waals surface area contributed by atoms with Gasteiger partial charge in [0, 0.05) is 11.3 Å². The molecule has 22 heavy (non-hydrogen) atoms. The number of primary amides is 1. The molecule has 114 valence electrons. The Hall–Kier alpha value is -2.89. The SMILES string of the molecule is C[C@H](NC(=O)c1cccc(NC(N)=O)c1)c1ccc(F)cc1. The van der Waals surface area contributed by atoms with Crippen LogP contribution in [-0.4, -0.2) is 11.9 Å². The van der Waals surface area contributed by atoms with E-state index in [4.69, 9.17) is 5.73 Å². The average molecular weight is 301 g/mol. The molecule has 3 amide bonds. The molecule has 0 radical (unpaired) electrons. The minimum Gasteiger partial charge on any atom is -0.351 e. The molecule has 2 aromatic carbocycles. The van der Waals surface area contributed by atoms with Crippen molar-refractivity contribution in [1.29, 1.82) is 0 Å². The van der Waals surface area contributed by atoms with Crippen molar-refractivity contribution >= 4 is 17.6 Å². The molecule has 2 aromatic rings. The first-order valence-electron chi connectivity index (χ1n) is 6.68. The summed E-state index contributed by atoms with van der Waals surface area (Å²) >= 11 is 0. The highest BCUT2D eigenvalue weighted by molar-refractivity contribution is 5.96. The lowest BCUT2D eigenvalue weighted by molar-refractivity contribution is 0.0940. The molecule has 0 aliphatic heterocycles. The van der Waals surface area contributed by atoms with Crippen molar-refractivity contribution in [3.63, 3.8) is 0 Å². The van der Waals surface area contributed by atoms with E-state index in [0.29, 0.717) is 11.3 Å². The van der Waals surface area contributed by atoms with E-state index in [0.717, 1.165) is 5.56 Å². The van der Waals surface area contributed by atoms with Crippen molar-refractivity contribution in [2.75, 3.05) is 5.32 Å². The van der Waals surface area contributed by atoms with Crippen LogP contribution in [0, 0.1) is 5.82 Å². The lowest BCUT2D eigenvalue weighted by Crippen LogP contribution is -2.27. The summed E-state index contributed by atoms with van der Waals surface area (Å²) in [5.41, 5.74) is 6.66. The highest BCUT2D eigenvalue weighted by Gasteiger charge is 2.12. The van der Waals surface area contributed by atoms with Crippen LogP contribution in [0.3, 0.4) is 0 Å². The van der Waals surface area contributed by atoms with Crippen LogP contribution in [0.1, 0.15) is 28.9 Å². The molecule has 0 fully saturated rings. The first-order valence-corrected chi connectivity index (χ1v) is 6.68. The Morgan fingerprint density at radius 3 is 2.45 bits per heavy atom. The molecule has 1 atom stereocenters. The highest BCUT2D eigenvalue weighted by Crippen LogP contribution is 2.15. The monoisotopic (exact) mass is 301 g/mol. The van der Waals surface area contributed by atoms with Gasteiger partial charge in [0.15, 0.2) is 0 Å². The van der Waals surface area contributed by atoms with E-state index < -0.39 is 6.03 Å². The van der Waals surface area contributed by atoms with Crippen molar-refractivity contribution in [1.82, 2.24) is 5.32 Å². The predicted octanol–water partition coefficient (Wildman–Crippen LogP) is 2.81. The van der Waals surface area contributed by atoms with Gasteiger partial charge in [0.25, 0.3) is 5.91 Å². The van der Waals surface area contributed by atoms with Crippen molar-refractivity contribution in [2.24, 2.45) is 5.73 Å². The molecule has 0 spiro atoms. The average Bonchev–Trinajstić information content (AvgIpc) is 2.47. The van der Waals surface area contributed by atoms with Gasteiger partial charge in [0.1, 0.15) is 5.82 Å². The number of urea groups is 1. The molecule has 0 unspecified atom stereocenters. The second kappa shape index (κ2) is 6.71. The number of nitrogens with two attached hydrogens (primary N) is 1. The quantitative estimate of drug-likeness (QED) is 0.811. The molecule has 0 heterocycles. The van der Waals surface area contributed by atoms with Gasteiger partial charge in [-0.25, -0.2) is 9.18 Å². The third kappa shape index (κ3) is 4.05. The molecule has 0 aromatic heterocycles. The number of amides is 3. The first-order chi connectivity index (χ1) is 10.5. The van der Waals surface area contributed by atoms with Crippen molar-refractivity contribution in [3.05, 3.63) is 65.5 Å². The van der Waals surface area contributed by atoms with Gasteiger partial charge < -0.3 is 16.4 Å². The second-order valence-electron chi connectivity index (χ2n) is 4.82. The van der Waals surface area contributed by atoms with Crippen LogP contribution >= 0.6 is 0 Å². The summed E-state index contributed by atoms with van der Waals surface area (Å²) in [6, 6.07) is 11.4. The van der Waals surface area contributed by atoms with Crippen LogP contribution in [0.15, 0.2) is 48.5 Å². The summed E-state index contributed by atoms with van der Waals surface area (Å²) in [5.74, 6) is -0.627. The number of nitrogens with one attached hydrogen (secondary N) is 2. The van der Waals surface area contributed by atoms with Gasteiger partial charge in [-0.05, 0) is 42.8 Å². The molecular formula is C16H16FN3O2. The second-order valence-corrected chi connectivity index (χ2v) is 4.82. The maximum absolute atomic E-state index is 12.9. The van der Waals surface area contributed by atoms with Crippen LogP contribution in [0.2, 0.25) is 0 Å².